The molecule has 1 saturated heterocycles. The van der Waals surface area contributed by atoms with Crippen molar-refractivity contribution in [2.75, 3.05) is 36.4 Å². The summed E-state index contributed by atoms with van der Waals surface area (Å²) in [5.74, 6) is -2.55. The van der Waals surface area contributed by atoms with Crippen LogP contribution >= 0.6 is 0 Å². The van der Waals surface area contributed by atoms with E-state index in [1.54, 1.807) is 17.0 Å². The number of anilines is 2. The van der Waals surface area contributed by atoms with Gasteiger partial charge in [0.2, 0.25) is 5.91 Å². The number of aliphatic hydroxyl groups is 1. The van der Waals surface area contributed by atoms with Gasteiger partial charge in [0.15, 0.2) is 0 Å². The highest BCUT2D eigenvalue weighted by Gasteiger charge is 2.38. The summed E-state index contributed by atoms with van der Waals surface area (Å²) in [6.07, 6.45) is -3.08. The summed E-state index contributed by atoms with van der Waals surface area (Å²) < 4.78 is 31.7. The average molecular weight is 657 g/mol. The highest BCUT2D eigenvalue weighted by Crippen LogP contribution is 2.27. The predicted molar refractivity (Wildman–Crippen MR) is 176 cm³/mol. The van der Waals surface area contributed by atoms with E-state index in [1.807, 2.05) is 49.4 Å². The average Bonchev–Trinajstić information content (AvgIpc) is 3.49. The maximum Gasteiger partial charge on any atom is 0.490 e. The quantitative estimate of drug-likeness (QED) is 0.148. The molecule has 5 N–H and O–H groups in total. The number of carbonyl (C=O) groups excluding carboxylic acids is 2. The minimum absolute atomic E-state index is 0.0741. The third-order valence-corrected chi connectivity index (χ3v) is 7.74. The van der Waals surface area contributed by atoms with Gasteiger partial charge in [0.05, 0.1) is 12.1 Å². The van der Waals surface area contributed by atoms with E-state index in [4.69, 9.17) is 9.90 Å². The highest BCUT2D eigenvalue weighted by atomic mass is 19.4. The first-order chi connectivity index (χ1) is 22.4. The van der Waals surface area contributed by atoms with E-state index in [0.717, 1.165) is 36.3 Å². The van der Waals surface area contributed by atoms with E-state index in [1.165, 1.54) is 5.56 Å². The normalized spacial score (nSPS) is 14.9. The second kappa shape index (κ2) is 18.1. The van der Waals surface area contributed by atoms with Gasteiger partial charge in [-0.1, -0.05) is 67.6 Å². The van der Waals surface area contributed by atoms with Crippen molar-refractivity contribution in [3.63, 3.8) is 0 Å². The van der Waals surface area contributed by atoms with Crippen molar-refractivity contribution >= 4 is 29.2 Å². The Bertz CT molecular complexity index is 1440. The molecule has 1 aliphatic heterocycles. The van der Waals surface area contributed by atoms with Crippen molar-refractivity contribution in [1.82, 2.24) is 10.6 Å². The molecule has 12 heteroatoms. The molecule has 9 nitrogen and oxygen atoms in total. The van der Waals surface area contributed by atoms with Crippen molar-refractivity contribution in [1.29, 1.82) is 0 Å². The highest BCUT2D eigenvalue weighted by molar-refractivity contribution is 6.00. The second-order valence-electron chi connectivity index (χ2n) is 11.4. The Morgan fingerprint density at radius 1 is 1.00 bits per heavy atom. The number of carbonyl (C=O) groups is 3. The summed E-state index contributed by atoms with van der Waals surface area (Å²) in [5, 5.41) is 28.1. The number of carboxylic acid groups (broad SMARTS) is 1. The third kappa shape index (κ3) is 12.0. The molecule has 3 aromatic carbocycles. The topological polar surface area (TPSA) is 131 Å². The fourth-order valence-electron chi connectivity index (χ4n) is 5.19. The number of amides is 2. The van der Waals surface area contributed by atoms with E-state index in [-0.39, 0.29) is 11.8 Å². The number of carboxylic acids is 1. The van der Waals surface area contributed by atoms with Crippen LogP contribution in [0.1, 0.15) is 60.5 Å². The molecule has 1 fully saturated rings. The molecule has 254 valence electrons. The van der Waals surface area contributed by atoms with Crippen LogP contribution in [0, 0.1) is 0 Å². The van der Waals surface area contributed by atoms with Gasteiger partial charge < -0.3 is 31.1 Å². The molecule has 1 aliphatic rings. The van der Waals surface area contributed by atoms with Gasteiger partial charge in [-0.2, -0.15) is 13.2 Å². The number of benzene rings is 3. The van der Waals surface area contributed by atoms with Crippen LogP contribution < -0.4 is 20.9 Å². The lowest BCUT2D eigenvalue weighted by Gasteiger charge is -2.26. The Morgan fingerprint density at radius 3 is 2.21 bits per heavy atom. The van der Waals surface area contributed by atoms with Crippen LogP contribution in [0.4, 0.5) is 24.5 Å². The van der Waals surface area contributed by atoms with Crippen LogP contribution in [0.15, 0.2) is 78.9 Å². The Labute approximate surface area is 273 Å². The number of halogens is 3. The number of hydrogen-bond donors (Lipinski definition) is 5. The fourth-order valence-corrected chi connectivity index (χ4v) is 5.19. The number of aliphatic carboxylic acids is 1. The smallest absolute Gasteiger partial charge is 0.475 e. The van der Waals surface area contributed by atoms with E-state index >= 15 is 0 Å². The lowest BCUT2D eigenvalue weighted by atomic mass is 9.97. The van der Waals surface area contributed by atoms with Gasteiger partial charge in [0.1, 0.15) is 0 Å². The Hall–Kier alpha value is -4.42. The summed E-state index contributed by atoms with van der Waals surface area (Å²) >= 11 is 0. The first kappa shape index (κ1) is 37.0. The minimum Gasteiger partial charge on any atom is -0.475 e. The van der Waals surface area contributed by atoms with Crippen LogP contribution in [0.3, 0.4) is 0 Å². The zero-order valence-corrected chi connectivity index (χ0v) is 26.6. The van der Waals surface area contributed by atoms with Crippen LogP contribution in [0.2, 0.25) is 0 Å². The maximum atomic E-state index is 13.6. The van der Waals surface area contributed by atoms with Crippen molar-refractivity contribution < 1.29 is 37.8 Å². The summed E-state index contributed by atoms with van der Waals surface area (Å²) in [7, 11) is 0. The van der Waals surface area contributed by atoms with E-state index in [0.29, 0.717) is 44.0 Å². The predicted octanol–water partition coefficient (Wildman–Crippen LogP) is 5.36. The van der Waals surface area contributed by atoms with Gasteiger partial charge in [0, 0.05) is 43.0 Å². The molecule has 0 aromatic heterocycles. The third-order valence-electron chi connectivity index (χ3n) is 7.74. The van der Waals surface area contributed by atoms with E-state index in [2.05, 4.69) is 47.1 Å². The van der Waals surface area contributed by atoms with Crippen LogP contribution in [0.25, 0.3) is 0 Å². The molecule has 3 atom stereocenters. The molecule has 0 aliphatic carbocycles. The molecule has 0 radical (unpaired) electrons. The second-order valence-corrected chi connectivity index (χ2v) is 11.4. The van der Waals surface area contributed by atoms with Crippen LogP contribution in [-0.4, -0.2) is 72.5 Å². The summed E-state index contributed by atoms with van der Waals surface area (Å²) in [6.45, 7) is 6.67. The molecule has 47 heavy (non-hydrogen) atoms. The lowest BCUT2D eigenvalue weighted by Crippen LogP contribution is -2.49. The maximum absolute atomic E-state index is 13.6. The molecule has 1 heterocycles. The zero-order valence-electron chi connectivity index (χ0n) is 26.6. The molecule has 0 spiro atoms. The Kier molecular flexibility index (Phi) is 14.2. The standard InChI is InChI=1S/C33H42N4O3.C2HF3O2/c1-3-35-28-20-27(21-29(22-28)37-18-10-15-32(37)39)33(40)36-30(19-25-11-6-4-7-12-25)31(38)23-34-17-16-24(2)26-13-8-5-9-14-26;3-2(4,5)1(6)7/h4-9,11-14,20-22,24,30-31,34-35,38H,3,10,15-19,23H2,1-2H3,(H,36,40);(H,6,7)/t24?,30-,31+;/m0./s1. The number of aliphatic hydroxyl groups excluding tert-OH is 1. The van der Waals surface area contributed by atoms with Gasteiger partial charge in [-0.3, -0.25) is 9.59 Å². The molecular weight excluding hydrogens is 613 g/mol. The van der Waals surface area contributed by atoms with Gasteiger partial charge in [-0.15, -0.1) is 0 Å². The van der Waals surface area contributed by atoms with Crippen molar-refractivity contribution in [2.24, 2.45) is 0 Å². The molecule has 4 rings (SSSR count). The molecule has 0 bridgehead atoms. The van der Waals surface area contributed by atoms with Gasteiger partial charge in [-0.05, 0) is 68.0 Å². The zero-order chi connectivity index (χ0) is 34.4. The van der Waals surface area contributed by atoms with Crippen molar-refractivity contribution in [2.45, 2.75) is 63.8 Å². The van der Waals surface area contributed by atoms with Crippen molar-refractivity contribution in [3.05, 3.63) is 95.6 Å². The molecular formula is C35H43F3N4O5. The van der Waals surface area contributed by atoms with Crippen LogP contribution in [-0.2, 0) is 16.0 Å². The summed E-state index contributed by atoms with van der Waals surface area (Å²) in [6, 6.07) is 25.3. The monoisotopic (exact) mass is 656 g/mol. The van der Waals surface area contributed by atoms with Gasteiger partial charge in [-0.25, -0.2) is 4.79 Å². The number of rotatable bonds is 14. The number of nitrogens with zero attached hydrogens (tertiary/aromatic N) is 1. The number of hydrogen-bond acceptors (Lipinski definition) is 6. The Balaban J connectivity index is 0.000000771. The Morgan fingerprint density at radius 2 is 1.64 bits per heavy atom. The van der Waals surface area contributed by atoms with Gasteiger partial charge in [0.25, 0.3) is 5.91 Å². The van der Waals surface area contributed by atoms with Crippen LogP contribution in [0.5, 0.6) is 0 Å². The number of nitrogens with one attached hydrogen (secondary N) is 3. The first-order valence-electron chi connectivity index (χ1n) is 15.7. The molecule has 2 amide bonds. The molecule has 3 aromatic rings. The van der Waals surface area contributed by atoms with E-state index in [9.17, 15) is 27.9 Å². The number of alkyl halides is 3. The minimum atomic E-state index is -5.08. The largest absolute Gasteiger partial charge is 0.490 e. The fraction of sp³-hybridized carbons (Fsp3) is 0.400. The van der Waals surface area contributed by atoms with E-state index < -0.39 is 24.3 Å². The van der Waals surface area contributed by atoms with Gasteiger partial charge >= 0.3 is 12.1 Å². The SMILES string of the molecule is CCNc1cc(C(=O)N[C@@H](Cc2ccccc2)[C@H](O)CNCCC(C)c2ccccc2)cc(N2CCCC2=O)c1.O=C(O)C(F)(F)F. The molecule has 0 saturated carbocycles. The summed E-state index contributed by atoms with van der Waals surface area (Å²) in [5.41, 5.74) is 4.31. The lowest BCUT2D eigenvalue weighted by molar-refractivity contribution is -0.192. The first-order valence-corrected chi connectivity index (χ1v) is 15.7. The summed E-state index contributed by atoms with van der Waals surface area (Å²) in [4.78, 5) is 36.6. The van der Waals surface area contributed by atoms with Crippen molar-refractivity contribution in [3.8, 4) is 0 Å². The molecule has 1 unspecified atom stereocenters.